The molecule has 0 radical (unpaired) electrons. The third kappa shape index (κ3) is 3560. The Labute approximate surface area is 174 Å². The van der Waals surface area contributed by atoms with Crippen LogP contribution in [0.3, 0.4) is 0 Å². The van der Waals surface area contributed by atoms with Gasteiger partial charge in [-0.2, -0.15) is 0 Å². The van der Waals surface area contributed by atoms with Gasteiger partial charge >= 0.3 is 0 Å². The monoisotopic (exact) mass is 388 g/mol. The maximum atomic E-state index is 7.62. The molecule has 0 atom stereocenters. The van der Waals surface area contributed by atoms with Crippen molar-refractivity contribution in [3.05, 3.63) is 132 Å². The van der Waals surface area contributed by atoms with E-state index in [1.807, 2.05) is 0 Å². The lowest BCUT2D eigenvalue weighted by Gasteiger charge is -1.70. The topological polar surface area (TPSA) is 49.7 Å². The highest BCUT2D eigenvalue weighted by molar-refractivity contribution is 4.24. The SMILES string of the molecule is C=C.C=C.C=C.C=C.C=C.C=C.C=C.C=C.C=C.C=C.COC.OCCO. The lowest BCUT2D eigenvalue weighted by molar-refractivity contribution is 0.186. The summed E-state index contributed by atoms with van der Waals surface area (Å²) in [6.07, 6.45) is 0. The predicted octanol–water partition coefficient (Wildman–Crippen LogP) is 7.26. The molecule has 0 aliphatic heterocycles. The molecule has 0 heterocycles. The van der Waals surface area contributed by atoms with Crippen LogP contribution >= 0.6 is 0 Å². The number of hydrogen-bond acceptors (Lipinski definition) is 3. The van der Waals surface area contributed by atoms with Crippen LogP contribution in [0.15, 0.2) is 132 Å². The van der Waals surface area contributed by atoms with Crippen LogP contribution in [0, 0.1) is 0 Å². The van der Waals surface area contributed by atoms with Crippen LogP contribution in [0.25, 0.3) is 0 Å². The Bertz CT molecular complexity index is 74.6. The number of methoxy groups -OCH3 is 1. The summed E-state index contributed by atoms with van der Waals surface area (Å²) in [7, 11) is 3.25. The van der Waals surface area contributed by atoms with Gasteiger partial charge in [0.05, 0.1) is 13.2 Å². The van der Waals surface area contributed by atoms with E-state index in [-0.39, 0.29) is 13.2 Å². The Morgan fingerprint density at radius 2 is 0.407 bits per heavy atom. The molecule has 0 fully saturated rings. The fourth-order valence-electron chi connectivity index (χ4n) is 0. The molecule has 0 bridgehead atoms. The summed E-state index contributed by atoms with van der Waals surface area (Å²) in [6, 6.07) is 0. The van der Waals surface area contributed by atoms with Crippen molar-refractivity contribution < 1.29 is 14.9 Å². The summed E-state index contributed by atoms with van der Waals surface area (Å²) in [5.74, 6) is 0. The molecule has 0 aliphatic rings. The van der Waals surface area contributed by atoms with E-state index in [2.05, 4.69) is 136 Å². The highest BCUT2D eigenvalue weighted by Gasteiger charge is 1.58. The van der Waals surface area contributed by atoms with Gasteiger partial charge in [-0.15, -0.1) is 132 Å². The summed E-state index contributed by atoms with van der Waals surface area (Å²) in [6.45, 7) is 59.8. The first kappa shape index (κ1) is 87.3. The van der Waals surface area contributed by atoms with Gasteiger partial charge in [0.15, 0.2) is 0 Å². The maximum Gasteiger partial charge on any atom is 0.0662 e. The second-order valence-electron chi connectivity index (χ2n) is 0.855. The van der Waals surface area contributed by atoms with Gasteiger partial charge in [0.25, 0.3) is 0 Å². The fraction of sp³-hybridized carbons (Fsp3) is 0.167. The van der Waals surface area contributed by atoms with Gasteiger partial charge in [0.2, 0.25) is 0 Å². The average Bonchev–Trinajstić information content (AvgIpc) is 2.87. The van der Waals surface area contributed by atoms with Crippen molar-refractivity contribution in [2.75, 3.05) is 27.4 Å². The van der Waals surface area contributed by atoms with Crippen LogP contribution in [-0.4, -0.2) is 37.6 Å². The van der Waals surface area contributed by atoms with Crippen LogP contribution in [0.2, 0.25) is 0 Å². The van der Waals surface area contributed by atoms with Gasteiger partial charge in [0, 0.05) is 14.2 Å². The van der Waals surface area contributed by atoms with Crippen molar-refractivity contribution in [1.82, 2.24) is 0 Å². The van der Waals surface area contributed by atoms with Crippen molar-refractivity contribution in [2.24, 2.45) is 0 Å². The van der Waals surface area contributed by atoms with Crippen LogP contribution in [-0.2, 0) is 4.74 Å². The number of rotatable bonds is 1. The molecule has 0 unspecified atom stereocenters. The summed E-state index contributed by atoms with van der Waals surface area (Å²) < 4.78 is 4.25. The minimum absolute atomic E-state index is 0.125. The average molecular weight is 389 g/mol. The van der Waals surface area contributed by atoms with Gasteiger partial charge in [-0.05, 0) is 0 Å². The normalized spacial score (nSPS) is 3.26. The van der Waals surface area contributed by atoms with Crippen LogP contribution in [0.1, 0.15) is 0 Å². The smallest absolute Gasteiger partial charge is 0.0662 e. The van der Waals surface area contributed by atoms with E-state index in [1.54, 1.807) is 14.2 Å². The Morgan fingerprint density at radius 1 is 0.370 bits per heavy atom. The van der Waals surface area contributed by atoms with E-state index in [4.69, 9.17) is 10.2 Å². The molecule has 166 valence electrons. The zero-order valence-corrected chi connectivity index (χ0v) is 18.9. The summed E-state index contributed by atoms with van der Waals surface area (Å²) >= 11 is 0. The van der Waals surface area contributed by atoms with Crippen LogP contribution < -0.4 is 0 Å². The first-order chi connectivity index (χ1) is 13.3. The summed E-state index contributed by atoms with van der Waals surface area (Å²) in [5.41, 5.74) is 0. The van der Waals surface area contributed by atoms with Crippen molar-refractivity contribution in [2.45, 2.75) is 0 Å². The molecular formula is C24H52O3. The second-order valence-corrected chi connectivity index (χ2v) is 0.855. The molecule has 0 amide bonds. The largest absolute Gasteiger partial charge is 0.394 e. The summed E-state index contributed by atoms with van der Waals surface area (Å²) in [4.78, 5) is 0. The molecule has 0 saturated carbocycles. The van der Waals surface area contributed by atoms with Crippen molar-refractivity contribution >= 4 is 0 Å². The number of ether oxygens (including phenoxy) is 1. The van der Waals surface area contributed by atoms with Gasteiger partial charge in [0.1, 0.15) is 0 Å². The Kier molecular flexibility index (Phi) is 476000. The molecule has 0 aromatic carbocycles. The van der Waals surface area contributed by atoms with Gasteiger partial charge in [-0.3, -0.25) is 0 Å². The third-order valence-electron chi connectivity index (χ3n) is 0.1000. The van der Waals surface area contributed by atoms with E-state index >= 15 is 0 Å². The molecule has 0 spiro atoms. The van der Waals surface area contributed by atoms with Crippen molar-refractivity contribution in [3.8, 4) is 0 Å². The lowest BCUT2D eigenvalue weighted by atomic mass is 10.8. The Morgan fingerprint density at radius 3 is 0.407 bits per heavy atom. The zero-order chi connectivity index (χ0) is 26.1. The molecule has 0 aromatic heterocycles. The fourth-order valence-corrected chi connectivity index (χ4v) is 0. The molecule has 3 nitrogen and oxygen atoms in total. The van der Waals surface area contributed by atoms with Crippen LogP contribution in [0.4, 0.5) is 0 Å². The molecule has 2 N–H and O–H groups in total. The minimum Gasteiger partial charge on any atom is -0.394 e. The highest BCUT2D eigenvalue weighted by atomic mass is 16.4. The molecule has 3 heteroatoms. The predicted molar refractivity (Wildman–Crippen MR) is 140 cm³/mol. The van der Waals surface area contributed by atoms with E-state index < -0.39 is 0 Å². The maximum absolute atomic E-state index is 7.62. The molecule has 27 heavy (non-hydrogen) atoms. The molecule has 0 aromatic rings. The first-order valence-corrected chi connectivity index (χ1v) is 6.95. The van der Waals surface area contributed by atoms with E-state index in [9.17, 15) is 0 Å². The van der Waals surface area contributed by atoms with Crippen molar-refractivity contribution in [1.29, 1.82) is 0 Å². The third-order valence-corrected chi connectivity index (χ3v) is 0.1000. The highest BCUT2D eigenvalue weighted by Crippen LogP contribution is 1.39. The van der Waals surface area contributed by atoms with Crippen molar-refractivity contribution in [3.63, 3.8) is 0 Å². The van der Waals surface area contributed by atoms with E-state index in [0.29, 0.717) is 0 Å². The second kappa shape index (κ2) is 147000. The zero-order valence-electron chi connectivity index (χ0n) is 18.9. The van der Waals surface area contributed by atoms with E-state index in [1.165, 1.54) is 0 Å². The standard InChI is InChI=1S/C2H6O2.C2H6O.10C2H4/c3-1-2-4;1-3-2;10*1-2/h3-4H,1-2H2;1-2H3;10*1-2H2. The Balaban J connectivity index is -0.00000000921. The number of aliphatic hydroxyl groups excluding tert-OH is 2. The first-order valence-electron chi connectivity index (χ1n) is 6.95. The Hall–Kier alpha value is -2.72. The molecular weight excluding hydrogens is 336 g/mol. The quantitative estimate of drug-likeness (QED) is 0.465. The number of hydrogen-bond donors (Lipinski definition) is 2. The molecule has 0 rings (SSSR count). The molecule has 0 aliphatic carbocycles. The van der Waals surface area contributed by atoms with E-state index in [0.717, 1.165) is 0 Å². The van der Waals surface area contributed by atoms with Gasteiger partial charge < -0.3 is 14.9 Å². The van der Waals surface area contributed by atoms with Gasteiger partial charge in [-0.1, -0.05) is 0 Å². The number of aliphatic hydroxyl groups is 2. The minimum atomic E-state index is -0.125. The molecule has 0 saturated heterocycles. The summed E-state index contributed by atoms with van der Waals surface area (Å²) in [5, 5.41) is 15.2. The van der Waals surface area contributed by atoms with Crippen LogP contribution in [0.5, 0.6) is 0 Å². The van der Waals surface area contributed by atoms with Gasteiger partial charge in [-0.25, -0.2) is 0 Å². The lowest BCUT2D eigenvalue weighted by Crippen LogP contribution is -1.85.